The molecule has 0 bridgehead atoms. The fraction of sp³-hybridized carbons (Fsp3) is 0.367. The molecule has 0 saturated carbocycles. The molecule has 38 heavy (non-hydrogen) atoms. The molecule has 0 radical (unpaired) electrons. The van der Waals surface area contributed by atoms with Gasteiger partial charge in [-0.3, -0.25) is 4.79 Å². The highest BCUT2D eigenvalue weighted by Crippen LogP contribution is 2.36. The lowest BCUT2D eigenvalue weighted by atomic mass is 9.86. The van der Waals surface area contributed by atoms with Crippen molar-refractivity contribution in [2.24, 2.45) is 0 Å². The Hall–Kier alpha value is -2.38. The van der Waals surface area contributed by atoms with E-state index in [1.807, 2.05) is 17.0 Å². The normalized spacial score (nSPS) is 20.3. The third kappa shape index (κ3) is 6.42. The fourth-order valence-electron chi connectivity index (χ4n) is 5.45. The van der Waals surface area contributed by atoms with E-state index < -0.39 is 5.60 Å². The van der Waals surface area contributed by atoms with Crippen molar-refractivity contribution in [2.75, 3.05) is 26.2 Å². The van der Waals surface area contributed by atoms with E-state index in [0.29, 0.717) is 41.5 Å². The number of carbonyl (C=O) groups excluding carboxylic acids is 1. The van der Waals surface area contributed by atoms with E-state index in [2.05, 4.69) is 27.9 Å². The number of halogens is 3. The molecule has 5 rings (SSSR count). The van der Waals surface area contributed by atoms with Gasteiger partial charge in [0.05, 0.1) is 15.6 Å². The van der Waals surface area contributed by atoms with Crippen LogP contribution in [0.15, 0.2) is 71.1 Å². The zero-order valence-electron chi connectivity index (χ0n) is 21.1. The quantitative estimate of drug-likeness (QED) is 0.326. The van der Waals surface area contributed by atoms with E-state index in [1.54, 1.807) is 29.5 Å². The predicted octanol–water partition coefficient (Wildman–Crippen LogP) is 7.17. The van der Waals surface area contributed by atoms with Crippen LogP contribution in [0.2, 0.25) is 10.0 Å². The Morgan fingerprint density at radius 3 is 2.55 bits per heavy atom. The van der Waals surface area contributed by atoms with Gasteiger partial charge in [-0.2, -0.15) is 11.3 Å². The summed E-state index contributed by atoms with van der Waals surface area (Å²) in [5.41, 5.74) is 3.39. The number of aliphatic hydroxyl groups is 1. The van der Waals surface area contributed by atoms with Gasteiger partial charge in [-0.25, -0.2) is 4.39 Å². The summed E-state index contributed by atoms with van der Waals surface area (Å²) in [4.78, 5) is 17.5. The van der Waals surface area contributed by atoms with E-state index in [1.165, 1.54) is 23.3 Å². The summed E-state index contributed by atoms with van der Waals surface area (Å²) >= 11 is 13.9. The molecule has 2 aliphatic heterocycles. The zero-order chi connectivity index (χ0) is 26.7. The molecule has 1 aromatic heterocycles. The number of nitrogens with zero attached hydrogens (tertiary/aromatic N) is 2. The van der Waals surface area contributed by atoms with Gasteiger partial charge in [-0.1, -0.05) is 35.3 Å². The van der Waals surface area contributed by atoms with Crippen molar-refractivity contribution < 1.29 is 14.3 Å². The first kappa shape index (κ1) is 27.2. The molecular weight excluding hydrogens is 542 g/mol. The zero-order valence-corrected chi connectivity index (χ0v) is 23.4. The second kappa shape index (κ2) is 11.8. The van der Waals surface area contributed by atoms with Crippen LogP contribution < -0.4 is 0 Å². The highest BCUT2D eigenvalue weighted by atomic mass is 35.5. The van der Waals surface area contributed by atoms with Gasteiger partial charge in [-0.05, 0) is 96.0 Å². The predicted molar refractivity (Wildman–Crippen MR) is 153 cm³/mol. The van der Waals surface area contributed by atoms with Gasteiger partial charge in [0.25, 0.3) is 5.91 Å². The lowest BCUT2D eigenvalue weighted by Gasteiger charge is -2.38. The number of benzene rings is 2. The number of likely N-dealkylation sites (tertiary alicyclic amines) is 2. The third-order valence-corrected chi connectivity index (χ3v) is 9.16. The van der Waals surface area contributed by atoms with Crippen molar-refractivity contribution in [3.05, 3.63) is 104 Å². The molecule has 200 valence electrons. The second-order valence-electron chi connectivity index (χ2n) is 10.4. The molecule has 1 unspecified atom stereocenters. The number of hydrogen-bond acceptors (Lipinski definition) is 4. The lowest BCUT2D eigenvalue weighted by molar-refractivity contribution is -0.0198. The molecule has 3 aromatic rings. The van der Waals surface area contributed by atoms with Crippen LogP contribution >= 0.6 is 34.5 Å². The van der Waals surface area contributed by atoms with Crippen LogP contribution in [0, 0.1) is 5.82 Å². The molecule has 2 fully saturated rings. The van der Waals surface area contributed by atoms with E-state index >= 15 is 0 Å². The molecule has 1 N–H and O–H groups in total. The maximum Gasteiger partial charge on any atom is 0.254 e. The van der Waals surface area contributed by atoms with Gasteiger partial charge < -0.3 is 14.9 Å². The lowest BCUT2D eigenvalue weighted by Crippen LogP contribution is -2.42. The molecular formula is C30H31Cl2FN2O2S. The Morgan fingerprint density at radius 2 is 1.87 bits per heavy atom. The Kier molecular flexibility index (Phi) is 8.44. The highest BCUT2D eigenvalue weighted by molar-refractivity contribution is 7.08. The van der Waals surface area contributed by atoms with Crippen LogP contribution in [0.1, 0.15) is 53.1 Å². The van der Waals surface area contributed by atoms with Crippen LogP contribution in [-0.4, -0.2) is 52.6 Å². The summed E-state index contributed by atoms with van der Waals surface area (Å²) in [6, 6.07) is 13.8. The fourth-order valence-corrected chi connectivity index (χ4v) is 6.46. The van der Waals surface area contributed by atoms with Gasteiger partial charge >= 0.3 is 0 Å². The monoisotopic (exact) mass is 572 g/mol. The van der Waals surface area contributed by atoms with Gasteiger partial charge in [0, 0.05) is 43.9 Å². The van der Waals surface area contributed by atoms with Crippen LogP contribution in [0.5, 0.6) is 0 Å². The minimum Gasteiger partial charge on any atom is -0.390 e. The first-order valence-electron chi connectivity index (χ1n) is 13.0. The van der Waals surface area contributed by atoms with E-state index in [9.17, 15) is 14.3 Å². The first-order chi connectivity index (χ1) is 18.3. The second-order valence-corrected chi connectivity index (χ2v) is 12.0. The Morgan fingerprint density at radius 1 is 1.11 bits per heavy atom. The Balaban J connectivity index is 1.22. The van der Waals surface area contributed by atoms with E-state index in [0.717, 1.165) is 37.9 Å². The number of aryl methyl sites for hydroxylation is 1. The summed E-state index contributed by atoms with van der Waals surface area (Å²) in [5.74, 6) is -0.134. The third-order valence-electron chi connectivity index (χ3n) is 7.72. The molecule has 3 heterocycles. The number of thiophene rings is 1. The first-order valence-corrected chi connectivity index (χ1v) is 14.7. The van der Waals surface area contributed by atoms with E-state index in [4.69, 9.17) is 23.2 Å². The topological polar surface area (TPSA) is 43.8 Å². The molecule has 0 spiro atoms. The van der Waals surface area contributed by atoms with Gasteiger partial charge in [0.15, 0.2) is 0 Å². The van der Waals surface area contributed by atoms with Crippen molar-refractivity contribution in [2.45, 2.75) is 43.6 Å². The van der Waals surface area contributed by atoms with E-state index in [-0.39, 0.29) is 17.6 Å². The maximum atomic E-state index is 13.3. The molecule has 4 nitrogen and oxygen atoms in total. The highest BCUT2D eigenvalue weighted by Gasteiger charge is 2.35. The molecule has 1 amide bonds. The van der Waals surface area contributed by atoms with Crippen molar-refractivity contribution in [1.82, 2.24) is 9.80 Å². The SMILES string of the molecule is O=C(c1ccc(Cl)c(Cl)c1)N1C/C(=C\N2CCC(O)(CCCc3ccc(F)cc3)CC2)C(c2ccsc2)C1. The smallest absolute Gasteiger partial charge is 0.254 e. The number of rotatable bonds is 7. The number of piperidine rings is 1. The Bertz CT molecular complexity index is 1290. The summed E-state index contributed by atoms with van der Waals surface area (Å²) in [6.07, 6.45) is 6.06. The van der Waals surface area contributed by atoms with Crippen molar-refractivity contribution in [1.29, 1.82) is 0 Å². The molecule has 2 aliphatic rings. The van der Waals surface area contributed by atoms with Crippen LogP contribution in [-0.2, 0) is 6.42 Å². The molecule has 2 saturated heterocycles. The number of amides is 1. The Labute approximate surface area is 237 Å². The van der Waals surface area contributed by atoms with Crippen molar-refractivity contribution in [3.8, 4) is 0 Å². The summed E-state index contributed by atoms with van der Waals surface area (Å²) in [6.45, 7) is 2.71. The minimum absolute atomic E-state index is 0.0543. The number of carbonyl (C=O) groups is 1. The summed E-state index contributed by atoms with van der Waals surface area (Å²) in [7, 11) is 0. The maximum absolute atomic E-state index is 13.3. The molecule has 0 aliphatic carbocycles. The van der Waals surface area contributed by atoms with Crippen molar-refractivity contribution >= 4 is 40.4 Å². The van der Waals surface area contributed by atoms with Crippen molar-refractivity contribution in [3.63, 3.8) is 0 Å². The molecule has 2 aromatic carbocycles. The van der Waals surface area contributed by atoms with Gasteiger partial charge in [0.2, 0.25) is 0 Å². The largest absolute Gasteiger partial charge is 0.390 e. The summed E-state index contributed by atoms with van der Waals surface area (Å²) in [5, 5.41) is 16.2. The van der Waals surface area contributed by atoms with Crippen LogP contribution in [0.4, 0.5) is 4.39 Å². The average Bonchev–Trinajstić information content (AvgIpc) is 3.58. The minimum atomic E-state index is -0.673. The van der Waals surface area contributed by atoms with Gasteiger partial charge in [0.1, 0.15) is 5.82 Å². The number of hydrogen-bond donors (Lipinski definition) is 1. The molecule has 1 atom stereocenters. The standard InChI is InChI=1S/C30H31Cl2FN2O2S/c31-27-8-5-22(16-28(27)32)29(36)35-18-24(26(19-35)23-9-15-38-20-23)17-34-13-11-30(37,12-14-34)10-1-2-21-3-6-25(33)7-4-21/h3-9,15-17,20,26,37H,1-2,10-14,18-19H2/b24-17+. The molecule has 8 heteroatoms. The summed E-state index contributed by atoms with van der Waals surface area (Å²) < 4.78 is 13.1. The van der Waals surface area contributed by atoms with Crippen LogP contribution in [0.3, 0.4) is 0 Å². The average molecular weight is 574 g/mol. The van der Waals surface area contributed by atoms with Gasteiger partial charge in [-0.15, -0.1) is 0 Å². The van der Waals surface area contributed by atoms with Crippen LogP contribution in [0.25, 0.3) is 0 Å².